The number of amides is 1. The predicted molar refractivity (Wildman–Crippen MR) is 93.8 cm³/mol. The van der Waals surface area contributed by atoms with Gasteiger partial charge in [0.05, 0.1) is 6.04 Å². The van der Waals surface area contributed by atoms with E-state index in [1.54, 1.807) is 6.07 Å². The minimum Gasteiger partial charge on any atom is -0.399 e. The fourth-order valence-electron chi connectivity index (χ4n) is 3.50. The molecule has 3 nitrogen and oxygen atoms in total. The van der Waals surface area contributed by atoms with Crippen LogP contribution < -0.4 is 5.73 Å². The Labute approximate surface area is 142 Å². The first kappa shape index (κ1) is 16.5. The molecule has 2 aromatic carbocycles. The van der Waals surface area contributed by atoms with Crippen molar-refractivity contribution in [1.82, 2.24) is 4.90 Å². The maximum absolute atomic E-state index is 13.5. The van der Waals surface area contributed by atoms with Crippen LogP contribution in [-0.4, -0.2) is 17.4 Å². The van der Waals surface area contributed by atoms with Crippen molar-refractivity contribution in [2.24, 2.45) is 5.92 Å². The highest BCUT2D eigenvalue weighted by Crippen LogP contribution is 2.36. The molecule has 1 heterocycles. The van der Waals surface area contributed by atoms with Gasteiger partial charge in [-0.1, -0.05) is 37.3 Å². The molecule has 0 bridgehead atoms. The number of nitrogen functional groups attached to an aromatic ring is 1. The zero-order chi connectivity index (χ0) is 17.1. The van der Waals surface area contributed by atoms with E-state index in [0.29, 0.717) is 18.8 Å². The lowest BCUT2D eigenvalue weighted by Gasteiger charge is -2.25. The van der Waals surface area contributed by atoms with Gasteiger partial charge in [0.25, 0.3) is 0 Å². The topological polar surface area (TPSA) is 46.3 Å². The van der Waals surface area contributed by atoms with E-state index in [1.807, 2.05) is 35.2 Å². The average Bonchev–Trinajstić information content (AvgIpc) is 2.96. The largest absolute Gasteiger partial charge is 0.399 e. The van der Waals surface area contributed by atoms with Crippen molar-refractivity contribution in [1.29, 1.82) is 0 Å². The molecule has 0 spiro atoms. The van der Waals surface area contributed by atoms with Crippen LogP contribution in [0, 0.1) is 11.7 Å². The summed E-state index contributed by atoms with van der Waals surface area (Å²) in [6, 6.07) is 14.2. The Morgan fingerprint density at radius 2 is 2.04 bits per heavy atom. The minimum atomic E-state index is -0.253. The van der Waals surface area contributed by atoms with E-state index in [1.165, 1.54) is 12.1 Å². The van der Waals surface area contributed by atoms with Crippen molar-refractivity contribution in [3.05, 3.63) is 65.5 Å². The van der Waals surface area contributed by atoms with E-state index in [-0.39, 0.29) is 17.8 Å². The maximum Gasteiger partial charge on any atom is 0.223 e. The maximum atomic E-state index is 13.5. The van der Waals surface area contributed by atoms with Gasteiger partial charge in [-0.25, -0.2) is 4.39 Å². The van der Waals surface area contributed by atoms with Crippen LogP contribution in [0.4, 0.5) is 10.1 Å². The number of halogens is 1. The number of carbonyl (C=O) groups is 1. The number of hydrogen-bond acceptors (Lipinski definition) is 2. The summed E-state index contributed by atoms with van der Waals surface area (Å²) in [5.74, 6) is 0.275. The molecule has 24 heavy (non-hydrogen) atoms. The first-order chi connectivity index (χ1) is 11.5. The lowest BCUT2D eigenvalue weighted by atomic mass is 10.0. The van der Waals surface area contributed by atoms with Crippen molar-refractivity contribution in [2.75, 3.05) is 12.3 Å². The first-order valence-corrected chi connectivity index (χ1v) is 8.43. The summed E-state index contributed by atoms with van der Waals surface area (Å²) >= 11 is 0. The Morgan fingerprint density at radius 3 is 2.79 bits per heavy atom. The highest BCUT2D eigenvalue weighted by molar-refractivity contribution is 5.77. The van der Waals surface area contributed by atoms with Crippen LogP contribution in [-0.2, 0) is 11.2 Å². The Balaban J connectivity index is 1.71. The van der Waals surface area contributed by atoms with Crippen molar-refractivity contribution in [3.8, 4) is 0 Å². The van der Waals surface area contributed by atoms with Crippen molar-refractivity contribution in [2.45, 2.75) is 32.2 Å². The molecular weight excluding hydrogens is 303 g/mol. The van der Waals surface area contributed by atoms with E-state index >= 15 is 0 Å². The fourth-order valence-corrected chi connectivity index (χ4v) is 3.50. The van der Waals surface area contributed by atoms with Gasteiger partial charge in [-0.3, -0.25) is 4.79 Å². The van der Waals surface area contributed by atoms with Gasteiger partial charge >= 0.3 is 0 Å². The number of nitrogens with two attached hydrogens (primary N) is 1. The number of rotatable bonds is 4. The molecule has 1 fully saturated rings. The second-order valence-electron chi connectivity index (χ2n) is 6.66. The lowest BCUT2D eigenvalue weighted by molar-refractivity contribution is -0.132. The van der Waals surface area contributed by atoms with Crippen molar-refractivity contribution < 1.29 is 9.18 Å². The molecule has 0 saturated carbocycles. The predicted octanol–water partition coefficient (Wildman–Crippen LogP) is 3.95. The number of benzene rings is 2. The van der Waals surface area contributed by atoms with Crippen LogP contribution >= 0.6 is 0 Å². The monoisotopic (exact) mass is 326 g/mol. The van der Waals surface area contributed by atoms with E-state index in [4.69, 9.17) is 5.73 Å². The number of carbonyl (C=O) groups excluding carboxylic acids is 1. The summed E-state index contributed by atoms with van der Waals surface area (Å²) in [4.78, 5) is 14.6. The number of anilines is 1. The average molecular weight is 326 g/mol. The minimum absolute atomic E-state index is 0.0312. The summed E-state index contributed by atoms with van der Waals surface area (Å²) < 4.78 is 13.5. The Hall–Kier alpha value is -2.36. The highest BCUT2D eigenvalue weighted by Gasteiger charge is 2.33. The molecule has 1 aliphatic rings. The van der Waals surface area contributed by atoms with Gasteiger partial charge in [-0.2, -0.15) is 0 Å². The van der Waals surface area contributed by atoms with E-state index in [9.17, 15) is 9.18 Å². The molecule has 2 aromatic rings. The number of nitrogens with zero attached hydrogens (tertiary/aromatic N) is 1. The van der Waals surface area contributed by atoms with Crippen molar-refractivity contribution >= 4 is 11.6 Å². The Morgan fingerprint density at radius 1 is 1.25 bits per heavy atom. The summed E-state index contributed by atoms with van der Waals surface area (Å²) in [6.07, 6.45) is 1.93. The van der Waals surface area contributed by atoms with Crippen LogP contribution in [0.25, 0.3) is 0 Å². The molecule has 1 saturated heterocycles. The molecule has 0 aliphatic carbocycles. The van der Waals surface area contributed by atoms with Gasteiger partial charge < -0.3 is 10.6 Å². The number of para-hydroxylation sites is 1. The van der Waals surface area contributed by atoms with Crippen LogP contribution in [0.5, 0.6) is 0 Å². The van der Waals surface area contributed by atoms with Gasteiger partial charge in [-0.15, -0.1) is 0 Å². The SMILES string of the molecule is CC1CC(c2cccc(F)c2)N(C(=O)CCc2ccccc2N)C1. The zero-order valence-electron chi connectivity index (χ0n) is 13.9. The van der Waals surface area contributed by atoms with E-state index < -0.39 is 0 Å². The quantitative estimate of drug-likeness (QED) is 0.865. The van der Waals surface area contributed by atoms with Gasteiger partial charge in [-0.05, 0) is 48.1 Å². The number of hydrogen-bond donors (Lipinski definition) is 1. The van der Waals surface area contributed by atoms with Gasteiger partial charge in [0.15, 0.2) is 0 Å². The number of aryl methyl sites for hydroxylation is 1. The molecule has 2 atom stereocenters. The van der Waals surface area contributed by atoms with Crippen LogP contribution in [0.3, 0.4) is 0 Å². The third kappa shape index (κ3) is 3.58. The second-order valence-corrected chi connectivity index (χ2v) is 6.66. The lowest BCUT2D eigenvalue weighted by Crippen LogP contribution is -2.31. The Kier molecular flexibility index (Phi) is 4.84. The standard InChI is InChI=1S/C20H23FN2O/c1-14-11-19(16-6-4-7-17(21)12-16)23(13-14)20(24)10-9-15-5-2-3-8-18(15)22/h2-8,12,14,19H,9-11,13,22H2,1H3. The third-order valence-electron chi connectivity index (χ3n) is 4.73. The van der Waals surface area contributed by atoms with E-state index in [0.717, 1.165) is 29.8 Å². The fraction of sp³-hybridized carbons (Fsp3) is 0.350. The summed E-state index contributed by atoms with van der Waals surface area (Å²) in [5.41, 5.74) is 8.56. The normalized spacial score (nSPS) is 20.3. The third-order valence-corrected chi connectivity index (χ3v) is 4.73. The summed E-state index contributed by atoms with van der Waals surface area (Å²) in [7, 11) is 0. The highest BCUT2D eigenvalue weighted by atomic mass is 19.1. The van der Waals surface area contributed by atoms with Gasteiger partial charge in [0, 0.05) is 18.7 Å². The molecule has 126 valence electrons. The molecule has 2 N–H and O–H groups in total. The van der Waals surface area contributed by atoms with Gasteiger partial charge in [0.1, 0.15) is 5.82 Å². The van der Waals surface area contributed by atoms with Crippen molar-refractivity contribution in [3.63, 3.8) is 0 Å². The molecule has 0 aromatic heterocycles. The molecule has 0 radical (unpaired) electrons. The number of likely N-dealkylation sites (tertiary alicyclic amines) is 1. The summed E-state index contributed by atoms with van der Waals surface area (Å²) in [5, 5.41) is 0. The molecule has 2 unspecified atom stereocenters. The Bertz CT molecular complexity index is 731. The molecule has 1 amide bonds. The van der Waals surface area contributed by atoms with Gasteiger partial charge in [0.2, 0.25) is 5.91 Å². The van der Waals surface area contributed by atoms with Crippen LogP contribution in [0.1, 0.15) is 36.9 Å². The molecule has 1 aliphatic heterocycles. The smallest absolute Gasteiger partial charge is 0.223 e. The molecule has 3 rings (SSSR count). The zero-order valence-corrected chi connectivity index (χ0v) is 13.9. The second kappa shape index (κ2) is 7.04. The summed E-state index contributed by atoms with van der Waals surface area (Å²) in [6.45, 7) is 2.86. The van der Waals surface area contributed by atoms with Crippen LogP contribution in [0.15, 0.2) is 48.5 Å². The van der Waals surface area contributed by atoms with E-state index in [2.05, 4.69) is 6.92 Å². The first-order valence-electron chi connectivity index (χ1n) is 8.43. The molecule has 4 heteroatoms. The van der Waals surface area contributed by atoms with Crippen LogP contribution in [0.2, 0.25) is 0 Å². The molecular formula is C20H23FN2O.